The van der Waals surface area contributed by atoms with Gasteiger partial charge in [0.1, 0.15) is 11.9 Å². The lowest BCUT2D eigenvalue weighted by Gasteiger charge is -2.33. The Morgan fingerprint density at radius 3 is 2.82 bits per heavy atom. The molecule has 0 bridgehead atoms. The number of fused-ring (bicyclic) bond motifs is 2. The van der Waals surface area contributed by atoms with E-state index in [4.69, 9.17) is 14.2 Å². The molecule has 1 aromatic carbocycles. The van der Waals surface area contributed by atoms with E-state index in [0.29, 0.717) is 38.0 Å². The molecule has 7 heteroatoms. The maximum Gasteiger partial charge on any atom is 0.256 e. The quantitative estimate of drug-likeness (QED) is 0.743. The standard InChI is InChI=1S/C26H33N3O4/c1-16(2)33-20-7-9-24(32-14-20)26(30)29-12-19-5-4-10-27-25(19)28-22-8-6-18(11-23(22)29)21-15-31-13-17(21)3/h4-6,8,10-11,16-17,20-21,24H,7,9,12-15H2,1-3H3,(H,27,28)/t17?,20-,21?,24+/m0/s1. The van der Waals surface area contributed by atoms with Crippen molar-refractivity contribution in [2.45, 2.75) is 64.4 Å². The molecule has 2 aromatic rings. The smallest absolute Gasteiger partial charge is 0.256 e. The van der Waals surface area contributed by atoms with E-state index in [1.165, 1.54) is 5.56 Å². The maximum absolute atomic E-state index is 13.8. The van der Waals surface area contributed by atoms with Crippen molar-refractivity contribution in [2.75, 3.05) is 30.0 Å². The van der Waals surface area contributed by atoms with Gasteiger partial charge in [0.05, 0.1) is 43.3 Å². The van der Waals surface area contributed by atoms with Crippen LogP contribution in [0.1, 0.15) is 50.7 Å². The molecule has 3 aliphatic rings. The van der Waals surface area contributed by atoms with Crippen molar-refractivity contribution in [3.05, 3.63) is 47.7 Å². The number of benzene rings is 1. The van der Waals surface area contributed by atoms with Crippen molar-refractivity contribution in [1.82, 2.24) is 4.98 Å². The number of nitrogens with zero attached hydrogens (tertiary/aromatic N) is 2. The second kappa shape index (κ2) is 9.41. The SMILES string of the molecule is CC(C)O[C@H]1CC[C@H](C(=O)N2Cc3cccnc3Nc3ccc(C4COCC4C)cc32)OC1. The highest BCUT2D eigenvalue weighted by molar-refractivity contribution is 6.01. The predicted octanol–water partition coefficient (Wildman–Crippen LogP) is 4.39. The van der Waals surface area contributed by atoms with E-state index in [9.17, 15) is 4.79 Å². The van der Waals surface area contributed by atoms with E-state index >= 15 is 0 Å². The number of ether oxygens (including phenoxy) is 3. The fourth-order valence-corrected chi connectivity index (χ4v) is 5.04. The van der Waals surface area contributed by atoms with E-state index in [0.717, 1.165) is 35.8 Å². The van der Waals surface area contributed by atoms with Crippen LogP contribution in [0.3, 0.4) is 0 Å². The fourth-order valence-electron chi connectivity index (χ4n) is 5.04. The van der Waals surface area contributed by atoms with Crippen molar-refractivity contribution in [3.63, 3.8) is 0 Å². The molecule has 0 saturated carbocycles. The van der Waals surface area contributed by atoms with Crippen molar-refractivity contribution in [3.8, 4) is 0 Å². The first kappa shape index (κ1) is 22.3. The van der Waals surface area contributed by atoms with Crippen molar-refractivity contribution in [2.24, 2.45) is 5.92 Å². The third kappa shape index (κ3) is 4.63. The highest BCUT2D eigenvalue weighted by Gasteiger charge is 2.35. The van der Waals surface area contributed by atoms with Gasteiger partial charge in [-0.25, -0.2) is 4.98 Å². The zero-order chi connectivity index (χ0) is 22.9. The molecule has 1 N–H and O–H groups in total. The zero-order valence-electron chi connectivity index (χ0n) is 19.6. The van der Waals surface area contributed by atoms with Gasteiger partial charge >= 0.3 is 0 Å². The van der Waals surface area contributed by atoms with E-state index < -0.39 is 6.10 Å². The minimum Gasteiger partial charge on any atom is -0.381 e. The number of carbonyl (C=O) groups is 1. The molecule has 2 fully saturated rings. The van der Waals surface area contributed by atoms with Crippen LogP contribution in [0.4, 0.5) is 17.2 Å². The second-order valence-corrected chi connectivity index (χ2v) is 9.66. The van der Waals surface area contributed by atoms with Gasteiger partial charge in [-0.3, -0.25) is 4.79 Å². The van der Waals surface area contributed by atoms with Gasteiger partial charge in [-0.15, -0.1) is 0 Å². The number of nitrogens with one attached hydrogen (secondary N) is 1. The van der Waals surface area contributed by atoms with Crippen LogP contribution in [-0.4, -0.2) is 49.0 Å². The third-order valence-electron chi connectivity index (χ3n) is 6.82. The van der Waals surface area contributed by atoms with Crippen molar-refractivity contribution in [1.29, 1.82) is 0 Å². The monoisotopic (exact) mass is 451 g/mol. The molecule has 3 aliphatic heterocycles. The summed E-state index contributed by atoms with van der Waals surface area (Å²) in [4.78, 5) is 20.2. The molecule has 0 spiro atoms. The van der Waals surface area contributed by atoms with E-state index in [1.54, 1.807) is 6.20 Å². The summed E-state index contributed by atoms with van der Waals surface area (Å²) in [5.41, 5.74) is 3.94. The summed E-state index contributed by atoms with van der Waals surface area (Å²) in [5, 5.41) is 3.45. The van der Waals surface area contributed by atoms with E-state index in [1.807, 2.05) is 30.9 Å². The van der Waals surface area contributed by atoms with Gasteiger partial charge in [-0.1, -0.05) is 19.1 Å². The summed E-state index contributed by atoms with van der Waals surface area (Å²) in [5.74, 6) is 1.56. The average Bonchev–Trinajstić information content (AvgIpc) is 3.16. The normalized spacial score (nSPS) is 27.0. The molecule has 1 aromatic heterocycles. The number of aromatic nitrogens is 1. The molecule has 4 atom stereocenters. The van der Waals surface area contributed by atoms with Gasteiger partial charge in [0, 0.05) is 24.3 Å². The lowest BCUT2D eigenvalue weighted by Crippen LogP contribution is -2.44. The largest absolute Gasteiger partial charge is 0.381 e. The third-order valence-corrected chi connectivity index (χ3v) is 6.82. The summed E-state index contributed by atoms with van der Waals surface area (Å²) >= 11 is 0. The predicted molar refractivity (Wildman–Crippen MR) is 127 cm³/mol. The molecule has 176 valence electrons. The van der Waals surface area contributed by atoms with Crippen LogP contribution in [0.15, 0.2) is 36.5 Å². The van der Waals surface area contributed by atoms with Crippen LogP contribution < -0.4 is 10.2 Å². The van der Waals surface area contributed by atoms with E-state index in [2.05, 4.69) is 35.4 Å². The summed E-state index contributed by atoms with van der Waals surface area (Å²) < 4.78 is 17.6. The summed E-state index contributed by atoms with van der Waals surface area (Å²) in [6, 6.07) is 10.3. The second-order valence-electron chi connectivity index (χ2n) is 9.66. The molecule has 0 radical (unpaired) electrons. The highest BCUT2D eigenvalue weighted by atomic mass is 16.5. The molecule has 5 rings (SSSR count). The molecule has 0 aliphatic carbocycles. The number of pyridine rings is 1. The molecule has 1 amide bonds. The Morgan fingerprint density at radius 2 is 2.09 bits per heavy atom. The first-order chi connectivity index (χ1) is 16.0. The lowest BCUT2D eigenvalue weighted by atomic mass is 9.89. The molecule has 4 heterocycles. The number of hydrogen-bond donors (Lipinski definition) is 1. The lowest BCUT2D eigenvalue weighted by molar-refractivity contribution is -0.143. The average molecular weight is 452 g/mol. The Balaban J connectivity index is 1.45. The summed E-state index contributed by atoms with van der Waals surface area (Å²) in [7, 11) is 0. The number of anilines is 3. The van der Waals surface area contributed by atoms with Crippen molar-refractivity contribution < 1.29 is 19.0 Å². The number of rotatable bonds is 4. The Hall–Kier alpha value is -2.48. The van der Waals surface area contributed by atoms with Gasteiger partial charge in [0.25, 0.3) is 5.91 Å². The van der Waals surface area contributed by atoms with Crippen LogP contribution in [0, 0.1) is 5.92 Å². The van der Waals surface area contributed by atoms with Gasteiger partial charge < -0.3 is 24.4 Å². The Labute approximate surface area is 195 Å². The fraction of sp³-hybridized carbons (Fsp3) is 0.538. The maximum atomic E-state index is 13.8. The van der Waals surface area contributed by atoms with Crippen LogP contribution in [0.2, 0.25) is 0 Å². The van der Waals surface area contributed by atoms with Gasteiger partial charge in [0.15, 0.2) is 0 Å². The van der Waals surface area contributed by atoms with Gasteiger partial charge in [-0.05, 0) is 56.4 Å². The molecule has 33 heavy (non-hydrogen) atoms. The van der Waals surface area contributed by atoms with E-state index in [-0.39, 0.29) is 18.1 Å². The van der Waals surface area contributed by atoms with Gasteiger partial charge in [0.2, 0.25) is 0 Å². The van der Waals surface area contributed by atoms with Crippen LogP contribution in [0.25, 0.3) is 0 Å². The molecular weight excluding hydrogens is 418 g/mol. The first-order valence-electron chi connectivity index (χ1n) is 12.0. The highest BCUT2D eigenvalue weighted by Crippen LogP contribution is 2.40. The Kier molecular flexibility index (Phi) is 6.36. The first-order valence-corrected chi connectivity index (χ1v) is 12.0. The van der Waals surface area contributed by atoms with Crippen molar-refractivity contribution >= 4 is 23.1 Å². The Morgan fingerprint density at radius 1 is 1.21 bits per heavy atom. The van der Waals surface area contributed by atoms with Crippen LogP contribution >= 0.6 is 0 Å². The topological polar surface area (TPSA) is 72.9 Å². The number of hydrogen-bond acceptors (Lipinski definition) is 6. The summed E-state index contributed by atoms with van der Waals surface area (Å²) in [6.07, 6.45) is 2.98. The minimum absolute atomic E-state index is 0.00868. The Bertz CT molecular complexity index is 1000. The summed E-state index contributed by atoms with van der Waals surface area (Å²) in [6.45, 7) is 8.65. The van der Waals surface area contributed by atoms with Gasteiger partial charge in [-0.2, -0.15) is 0 Å². The molecule has 2 saturated heterocycles. The number of carbonyl (C=O) groups excluding carboxylic acids is 1. The van der Waals surface area contributed by atoms with Crippen LogP contribution in [0.5, 0.6) is 0 Å². The number of amides is 1. The molecule has 2 unspecified atom stereocenters. The minimum atomic E-state index is -0.472. The molecular formula is C26H33N3O4. The zero-order valence-corrected chi connectivity index (χ0v) is 19.6. The van der Waals surface area contributed by atoms with Crippen LogP contribution in [-0.2, 0) is 25.5 Å². The molecule has 7 nitrogen and oxygen atoms in total.